The van der Waals surface area contributed by atoms with Gasteiger partial charge in [0.2, 0.25) is 0 Å². The molecule has 16 heavy (non-hydrogen) atoms. The maximum atomic E-state index is 10.2. The zero-order chi connectivity index (χ0) is 11.8. The van der Waals surface area contributed by atoms with Gasteiger partial charge in [-0.05, 0) is 31.9 Å². The molecule has 2 rings (SSSR count). The van der Waals surface area contributed by atoms with Crippen LogP contribution in [-0.4, -0.2) is 5.11 Å². The molecule has 1 atom stereocenters. The quantitative estimate of drug-likeness (QED) is 0.798. The first-order valence-electron chi connectivity index (χ1n) is 5.67. The number of rotatable bonds is 2. The predicted molar refractivity (Wildman–Crippen MR) is 67.3 cm³/mol. The van der Waals surface area contributed by atoms with Crippen LogP contribution in [0.2, 0.25) is 0 Å². The first kappa shape index (κ1) is 11.2. The first-order chi connectivity index (χ1) is 7.48. The normalized spacial score (nSPS) is 20.0. The highest BCUT2D eigenvalue weighted by Crippen LogP contribution is 2.33. The third kappa shape index (κ3) is 2.10. The van der Waals surface area contributed by atoms with E-state index in [1.54, 1.807) is 0 Å². The third-order valence-corrected chi connectivity index (χ3v) is 2.99. The SMILES string of the molecule is CC1=CC(c2ccccc2C(C)(C)O)C=C1. The van der Waals surface area contributed by atoms with Gasteiger partial charge in [0.1, 0.15) is 0 Å². The Morgan fingerprint density at radius 2 is 1.88 bits per heavy atom. The van der Waals surface area contributed by atoms with Crippen LogP contribution in [0.5, 0.6) is 0 Å². The average molecular weight is 214 g/mol. The third-order valence-electron chi connectivity index (χ3n) is 2.99. The van der Waals surface area contributed by atoms with Crippen molar-refractivity contribution in [3.8, 4) is 0 Å². The molecular weight excluding hydrogens is 196 g/mol. The van der Waals surface area contributed by atoms with Gasteiger partial charge in [0.05, 0.1) is 5.60 Å². The van der Waals surface area contributed by atoms with Crippen LogP contribution in [-0.2, 0) is 5.60 Å². The van der Waals surface area contributed by atoms with Crippen LogP contribution in [0.25, 0.3) is 0 Å². The van der Waals surface area contributed by atoms with Gasteiger partial charge in [-0.1, -0.05) is 48.1 Å². The van der Waals surface area contributed by atoms with Crippen molar-refractivity contribution in [1.29, 1.82) is 0 Å². The van der Waals surface area contributed by atoms with E-state index >= 15 is 0 Å². The number of allylic oxidation sites excluding steroid dienone is 4. The molecule has 0 heterocycles. The molecule has 0 spiro atoms. The summed E-state index contributed by atoms with van der Waals surface area (Å²) in [5.41, 5.74) is 2.71. The van der Waals surface area contributed by atoms with Crippen LogP contribution < -0.4 is 0 Å². The van der Waals surface area contributed by atoms with Crippen molar-refractivity contribution in [2.75, 3.05) is 0 Å². The molecule has 0 radical (unpaired) electrons. The second-order valence-corrected chi connectivity index (χ2v) is 4.94. The molecule has 1 aromatic rings. The van der Waals surface area contributed by atoms with Crippen LogP contribution >= 0.6 is 0 Å². The van der Waals surface area contributed by atoms with Crippen molar-refractivity contribution in [3.05, 3.63) is 59.2 Å². The summed E-state index contributed by atoms with van der Waals surface area (Å²) in [7, 11) is 0. The van der Waals surface area contributed by atoms with Gasteiger partial charge in [-0.2, -0.15) is 0 Å². The van der Waals surface area contributed by atoms with Crippen molar-refractivity contribution in [2.24, 2.45) is 0 Å². The van der Waals surface area contributed by atoms with Crippen molar-refractivity contribution >= 4 is 0 Å². The molecule has 0 aliphatic heterocycles. The molecule has 1 heteroatoms. The Morgan fingerprint density at radius 3 is 2.44 bits per heavy atom. The largest absolute Gasteiger partial charge is 0.386 e. The topological polar surface area (TPSA) is 20.2 Å². The molecule has 0 amide bonds. The Balaban J connectivity index is 2.46. The van der Waals surface area contributed by atoms with E-state index in [2.05, 4.69) is 31.2 Å². The Labute approximate surface area is 97.1 Å². The zero-order valence-corrected chi connectivity index (χ0v) is 10.1. The van der Waals surface area contributed by atoms with Crippen molar-refractivity contribution in [3.63, 3.8) is 0 Å². The fourth-order valence-corrected chi connectivity index (χ4v) is 2.19. The molecule has 0 saturated carbocycles. The van der Waals surface area contributed by atoms with Crippen molar-refractivity contribution in [2.45, 2.75) is 32.3 Å². The van der Waals surface area contributed by atoms with E-state index in [1.807, 2.05) is 32.0 Å². The number of hydrogen-bond donors (Lipinski definition) is 1. The molecule has 0 bridgehead atoms. The summed E-state index contributed by atoms with van der Waals surface area (Å²) in [6.45, 7) is 5.77. The second-order valence-electron chi connectivity index (χ2n) is 4.94. The molecular formula is C15H18O. The summed E-state index contributed by atoms with van der Waals surface area (Å²) in [6.07, 6.45) is 6.54. The van der Waals surface area contributed by atoms with E-state index in [4.69, 9.17) is 0 Å². The van der Waals surface area contributed by atoms with Crippen LogP contribution in [0.4, 0.5) is 0 Å². The van der Waals surface area contributed by atoms with Gasteiger partial charge in [-0.25, -0.2) is 0 Å². The Kier molecular flexibility index (Phi) is 2.73. The van der Waals surface area contributed by atoms with E-state index < -0.39 is 5.60 Å². The van der Waals surface area contributed by atoms with Crippen LogP contribution in [0.15, 0.2) is 48.1 Å². The lowest BCUT2D eigenvalue weighted by Crippen LogP contribution is -2.18. The monoisotopic (exact) mass is 214 g/mol. The molecule has 1 unspecified atom stereocenters. The highest BCUT2D eigenvalue weighted by Gasteiger charge is 2.22. The lowest BCUT2D eigenvalue weighted by molar-refractivity contribution is 0.0776. The summed E-state index contributed by atoms with van der Waals surface area (Å²) in [6, 6.07) is 8.11. The van der Waals surface area contributed by atoms with Crippen LogP contribution in [0.3, 0.4) is 0 Å². The summed E-state index contributed by atoms with van der Waals surface area (Å²) < 4.78 is 0. The summed E-state index contributed by atoms with van der Waals surface area (Å²) in [5.74, 6) is 0.308. The minimum absolute atomic E-state index is 0.308. The molecule has 0 saturated heterocycles. The van der Waals surface area contributed by atoms with Crippen molar-refractivity contribution in [1.82, 2.24) is 0 Å². The molecule has 0 aromatic heterocycles. The molecule has 1 N–H and O–H groups in total. The number of benzene rings is 1. The molecule has 1 aromatic carbocycles. The van der Waals surface area contributed by atoms with Gasteiger partial charge in [0, 0.05) is 5.92 Å². The Bertz CT molecular complexity index is 447. The van der Waals surface area contributed by atoms with Gasteiger partial charge in [0.25, 0.3) is 0 Å². The van der Waals surface area contributed by atoms with E-state index in [9.17, 15) is 5.11 Å². The Hall–Kier alpha value is -1.34. The second kappa shape index (κ2) is 3.91. The maximum Gasteiger partial charge on any atom is 0.0843 e. The molecule has 0 fully saturated rings. The van der Waals surface area contributed by atoms with Crippen LogP contribution in [0, 0.1) is 0 Å². The minimum Gasteiger partial charge on any atom is -0.386 e. The summed E-state index contributed by atoms with van der Waals surface area (Å²) in [5, 5.41) is 10.2. The highest BCUT2D eigenvalue weighted by atomic mass is 16.3. The smallest absolute Gasteiger partial charge is 0.0843 e. The minimum atomic E-state index is -0.783. The zero-order valence-electron chi connectivity index (χ0n) is 10.1. The average Bonchev–Trinajstić information content (AvgIpc) is 2.64. The van der Waals surface area contributed by atoms with Gasteiger partial charge in [-0.3, -0.25) is 0 Å². The Morgan fingerprint density at radius 1 is 1.19 bits per heavy atom. The van der Waals surface area contributed by atoms with Gasteiger partial charge in [-0.15, -0.1) is 0 Å². The van der Waals surface area contributed by atoms with E-state index in [-0.39, 0.29) is 0 Å². The van der Waals surface area contributed by atoms with Crippen LogP contribution in [0.1, 0.15) is 37.8 Å². The van der Waals surface area contributed by atoms with E-state index in [0.29, 0.717) is 5.92 Å². The maximum absolute atomic E-state index is 10.2. The molecule has 1 aliphatic rings. The fraction of sp³-hybridized carbons (Fsp3) is 0.333. The standard InChI is InChI=1S/C15H18O/c1-11-8-9-12(10-11)13-6-4-5-7-14(13)15(2,3)16/h4-10,12,16H,1-3H3. The van der Waals surface area contributed by atoms with Gasteiger partial charge < -0.3 is 5.11 Å². The molecule has 84 valence electrons. The molecule has 1 nitrogen and oxygen atoms in total. The molecule has 1 aliphatic carbocycles. The summed E-state index contributed by atoms with van der Waals surface area (Å²) in [4.78, 5) is 0. The summed E-state index contributed by atoms with van der Waals surface area (Å²) >= 11 is 0. The number of aliphatic hydroxyl groups is 1. The fourth-order valence-electron chi connectivity index (χ4n) is 2.19. The van der Waals surface area contributed by atoms with E-state index in [1.165, 1.54) is 11.1 Å². The van der Waals surface area contributed by atoms with Crippen molar-refractivity contribution < 1.29 is 5.11 Å². The first-order valence-corrected chi connectivity index (χ1v) is 5.67. The predicted octanol–water partition coefficient (Wildman–Crippen LogP) is 3.51. The lowest BCUT2D eigenvalue weighted by atomic mass is 9.87. The van der Waals surface area contributed by atoms with E-state index in [0.717, 1.165) is 5.56 Å². The van der Waals surface area contributed by atoms with Gasteiger partial charge in [0.15, 0.2) is 0 Å². The van der Waals surface area contributed by atoms with Gasteiger partial charge >= 0.3 is 0 Å². The number of hydrogen-bond acceptors (Lipinski definition) is 1. The lowest BCUT2D eigenvalue weighted by Gasteiger charge is -2.23. The highest BCUT2D eigenvalue weighted by molar-refractivity contribution is 5.44.